The molecule has 1 saturated heterocycles. The predicted octanol–water partition coefficient (Wildman–Crippen LogP) is 5.75. The number of rotatable bonds is 3. The van der Waals surface area contributed by atoms with Crippen molar-refractivity contribution in [2.45, 2.75) is 25.8 Å². The molecule has 4 aromatic carbocycles. The van der Waals surface area contributed by atoms with E-state index < -0.39 is 0 Å². The second-order valence-electron chi connectivity index (χ2n) is 8.36. The minimum absolute atomic E-state index is 0. The van der Waals surface area contributed by atoms with Gasteiger partial charge in [-0.2, -0.15) is 12.1 Å². The third kappa shape index (κ3) is 4.52. The smallest absolute Gasteiger partial charge is 0.260 e. The normalized spacial score (nSPS) is 15.2. The molecule has 0 radical (unpaired) electrons. The minimum Gasteiger partial charge on any atom is -0.748 e. The first-order valence-electron chi connectivity index (χ1n) is 11.3. The predicted molar refractivity (Wildman–Crippen MR) is 128 cm³/mol. The van der Waals surface area contributed by atoms with E-state index >= 15 is 0 Å². The minimum atomic E-state index is -0.199. The number of benzene rings is 2. The van der Waals surface area contributed by atoms with Crippen LogP contribution in [0.25, 0.3) is 10.8 Å². The maximum atomic E-state index is 13.1. The second-order valence-corrected chi connectivity index (χ2v) is 8.36. The molecular formula is C28H26FeN2O2-6. The monoisotopic (exact) mass is 478 g/mol. The van der Waals surface area contributed by atoms with Gasteiger partial charge in [0, 0.05) is 64.3 Å². The summed E-state index contributed by atoms with van der Waals surface area (Å²) in [6.07, 6.45) is 3.65. The van der Waals surface area contributed by atoms with Crippen LogP contribution in [0.3, 0.4) is 0 Å². The second kappa shape index (κ2) is 10.2. The number of carbonyl (C=O) groups excluding carboxylic acids is 2. The molecule has 6 rings (SSSR count). The summed E-state index contributed by atoms with van der Waals surface area (Å²) in [6, 6.07) is 27.5. The van der Waals surface area contributed by atoms with Crippen molar-refractivity contribution >= 4 is 28.3 Å². The van der Waals surface area contributed by atoms with Gasteiger partial charge < -0.3 is 35.2 Å². The van der Waals surface area contributed by atoms with E-state index in [2.05, 4.69) is 11.0 Å². The summed E-state index contributed by atoms with van der Waals surface area (Å²) >= 11 is 0. The number of carbonyl (C=O) groups is 2. The van der Waals surface area contributed by atoms with E-state index in [9.17, 15) is 9.59 Å². The zero-order valence-corrected chi connectivity index (χ0v) is 19.5. The molecule has 0 aliphatic carbocycles. The number of imide groups is 1. The molecule has 4 aromatic rings. The Morgan fingerprint density at radius 2 is 1.36 bits per heavy atom. The zero-order chi connectivity index (χ0) is 21.9. The van der Waals surface area contributed by atoms with Crippen molar-refractivity contribution in [2.24, 2.45) is 0 Å². The van der Waals surface area contributed by atoms with Gasteiger partial charge in [-0.05, 0) is 37.5 Å². The van der Waals surface area contributed by atoms with Crippen LogP contribution in [-0.4, -0.2) is 29.8 Å². The largest absolute Gasteiger partial charge is 0.748 e. The summed E-state index contributed by atoms with van der Waals surface area (Å²) in [5.74, 6) is -0.398. The van der Waals surface area contributed by atoms with Gasteiger partial charge >= 0.3 is 0 Å². The molecule has 2 aliphatic heterocycles. The van der Waals surface area contributed by atoms with Crippen LogP contribution in [0.5, 0.6) is 0 Å². The van der Waals surface area contributed by atoms with E-state index in [0.717, 1.165) is 35.1 Å². The quantitative estimate of drug-likeness (QED) is 0.214. The summed E-state index contributed by atoms with van der Waals surface area (Å²) in [4.78, 5) is 30.0. The number of amides is 2. The van der Waals surface area contributed by atoms with Crippen molar-refractivity contribution in [3.8, 4) is 0 Å². The number of hydrogen-bond acceptors (Lipinski definition) is 3. The van der Waals surface area contributed by atoms with Gasteiger partial charge in [-0.15, -0.1) is 5.56 Å². The van der Waals surface area contributed by atoms with Crippen LogP contribution in [0, 0.1) is 0 Å². The fourth-order valence-corrected chi connectivity index (χ4v) is 4.71. The Morgan fingerprint density at radius 1 is 0.758 bits per heavy atom. The molecule has 2 aliphatic rings. The van der Waals surface area contributed by atoms with Gasteiger partial charge in [0.05, 0.1) is 0 Å². The van der Waals surface area contributed by atoms with Gasteiger partial charge in [0.25, 0.3) is 11.8 Å². The van der Waals surface area contributed by atoms with Gasteiger partial charge in [-0.1, -0.05) is 12.1 Å². The summed E-state index contributed by atoms with van der Waals surface area (Å²) < 4.78 is 0. The molecule has 174 valence electrons. The number of nitrogens with zero attached hydrogens (tertiary/aromatic N) is 2. The Balaban J connectivity index is 0.000000385. The fraction of sp³-hybridized carbons (Fsp3) is 0.214. The molecule has 0 spiro atoms. The maximum absolute atomic E-state index is 13.1. The van der Waals surface area contributed by atoms with E-state index in [4.69, 9.17) is 0 Å². The number of hydrogen-bond donors (Lipinski definition) is 0. The standard InChI is InChI=1S/C23H21N2O2.C5H5.Fe/c26-22-18-10-6-9-17-20(24-13-4-1-5-14-24)12-11-19(21(17)18)23(27)25(22)15-16-7-2-3-8-16;1-2-4-5-3-1;/h2-3,6-12H,1,4-5,13-15H2;1-5H;/q-1;-5;. The average molecular weight is 478 g/mol. The van der Waals surface area contributed by atoms with Crippen molar-refractivity contribution < 1.29 is 26.7 Å². The van der Waals surface area contributed by atoms with Crippen molar-refractivity contribution in [1.82, 2.24) is 4.90 Å². The fourth-order valence-electron chi connectivity index (χ4n) is 4.71. The third-order valence-electron chi connectivity index (χ3n) is 6.29. The van der Waals surface area contributed by atoms with Crippen LogP contribution in [0.2, 0.25) is 0 Å². The van der Waals surface area contributed by atoms with Gasteiger partial charge in [-0.3, -0.25) is 14.5 Å². The molecule has 0 unspecified atom stereocenters. The zero-order valence-electron chi connectivity index (χ0n) is 18.4. The van der Waals surface area contributed by atoms with Crippen LogP contribution >= 0.6 is 0 Å². The first kappa shape index (κ1) is 23.0. The Morgan fingerprint density at radius 3 is 2.00 bits per heavy atom. The first-order valence-corrected chi connectivity index (χ1v) is 11.3. The van der Waals surface area contributed by atoms with Crippen molar-refractivity contribution in [1.29, 1.82) is 0 Å². The Hall–Kier alpha value is -3.14. The van der Waals surface area contributed by atoms with E-state index in [1.165, 1.54) is 24.2 Å². The van der Waals surface area contributed by atoms with Gasteiger partial charge in [0.1, 0.15) is 0 Å². The average Bonchev–Trinajstić information content (AvgIpc) is 3.58. The van der Waals surface area contributed by atoms with Crippen LogP contribution in [-0.2, 0) is 23.6 Å². The number of piperidine rings is 1. The maximum Gasteiger partial charge on any atom is 0.260 e. The summed E-state index contributed by atoms with van der Waals surface area (Å²) in [5, 5.41) is 1.83. The molecule has 2 amide bonds. The van der Waals surface area contributed by atoms with Gasteiger partial charge in [0.2, 0.25) is 0 Å². The van der Waals surface area contributed by atoms with Crippen molar-refractivity contribution in [3.63, 3.8) is 0 Å². The number of anilines is 1. The molecule has 33 heavy (non-hydrogen) atoms. The van der Waals surface area contributed by atoms with Crippen LogP contribution in [0.15, 0.2) is 84.9 Å². The van der Waals surface area contributed by atoms with Crippen molar-refractivity contribution in [2.75, 3.05) is 18.0 Å². The topological polar surface area (TPSA) is 40.6 Å². The first-order chi connectivity index (χ1) is 15.7. The van der Waals surface area contributed by atoms with E-state index in [-0.39, 0.29) is 28.9 Å². The Bertz CT molecular complexity index is 1180. The van der Waals surface area contributed by atoms with Crippen LogP contribution in [0.4, 0.5) is 5.69 Å². The Kier molecular flexibility index (Phi) is 7.12. The molecule has 5 heteroatoms. The molecule has 0 aromatic heterocycles. The van der Waals surface area contributed by atoms with Gasteiger partial charge in [-0.25, -0.2) is 12.1 Å². The van der Waals surface area contributed by atoms with E-state index in [0.29, 0.717) is 17.7 Å². The van der Waals surface area contributed by atoms with E-state index in [1.54, 1.807) is 0 Å². The molecule has 1 fully saturated rings. The SMILES string of the molecule is O=C1c2cccc3c(N4CCCCC4)ccc(c23)C(=O)N1C[c-]1cccc1.[Fe].[cH-]1[cH-][cH-][cH-][cH-]1. The third-order valence-corrected chi connectivity index (χ3v) is 6.29. The summed E-state index contributed by atoms with van der Waals surface area (Å²) in [6.45, 7) is 2.38. The van der Waals surface area contributed by atoms with Crippen LogP contribution < -0.4 is 4.90 Å². The van der Waals surface area contributed by atoms with Gasteiger partial charge in [0.15, 0.2) is 0 Å². The molecule has 2 heterocycles. The van der Waals surface area contributed by atoms with Crippen LogP contribution in [0.1, 0.15) is 45.5 Å². The molecule has 4 nitrogen and oxygen atoms in total. The molecule has 0 atom stereocenters. The molecule has 0 saturated carbocycles. The molecule has 0 bridgehead atoms. The summed E-state index contributed by atoms with van der Waals surface area (Å²) in [5.41, 5.74) is 3.37. The van der Waals surface area contributed by atoms with Crippen molar-refractivity contribution in [3.05, 3.63) is 102 Å². The van der Waals surface area contributed by atoms with E-state index in [1.807, 2.05) is 78.9 Å². The molecule has 0 N–H and O–H groups in total. The summed E-state index contributed by atoms with van der Waals surface area (Å²) in [7, 11) is 0. The Labute approximate surface area is 205 Å². The molecular weight excluding hydrogens is 452 g/mol.